The molecule has 27 heavy (non-hydrogen) atoms. The van der Waals surface area contributed by atoms with E-state index in [4.69, 9.17) is 0 Å². The molecule has 0 radical (unpaired) electrons. The van der Waals surface area contributed by atoms with Crippen LogP contribution in [0.25, 0.3) is 0 Å². The van der Waals surface area contributed by atoms with Crippen molar-refractivity contribution in [2.45, 2.75) is 65.3 Å². The lowest BCUT2D eigenvalue weighted by atomic mass is 9.76. The first-order valence-corrected chi connectivity index (χ1v) is 10.5. The molecular formula is C21H30N2O4. The van der Waals surface area contributed by atoms with Crippen molar-refractivity contribution in [3.63, 3.8) is 0 Å². The largest absolute Gasteiger partial charge is 0.280 e. The van der Waals surface area contributed by atoms with Crippen molar-refractivity contribution in [2.75, 3.05) is 6.54 Å². The molecule has 4 aliphatic rings. The zero-order chi connectivity index (χ0) is 19.5. The fraction of sp³-hybridized carbons (Fsp3) is 0.810. The SMILES string of the molecule is CC1CCC2C(=O)N(CC(C)N3C(=O)C4CCC(C)CC4C3=O)C(=O)C2C1. The standard InChI is InChI=1S/C21H30N2O4/c1-11-4-6-14-16(8-11)19(25)22(18(14)24)10-13(3)23-20(26)15-7-5-12(2)9-17(15)21(23)27/h11-17H,4-10H2,1-3H3. The summed E-state index contributed by atoms with van der Waals surface area (Å²) in [4.78, 5) is 54.0. The van der Waals surface area contributed by atoms with E-state index in [0.717, 1.165) is 38.5 Å². The van der Waals surface area contributed by atoms with Crippen LogP contribution in [0.15, 0.2) is 0 Å². The maximum absolute atomic E-state index is 12.9. The van der Waals surface area contributed by atoms with E-state index >= 15 is 0 Å². The molecule has 2 aliphatic heterocycles. The second kappa shape index (κ2) is 6.71. The number of hydrogen-bond donors (Lipinski definition) is 0. The van der Waals surface area contributed by atoms with Crippen molar-refractivity contribution in [1.82, 2.24) is 9.80 Å². The Morgan fingerprint density at radius 1 is 0.741 bits per heavy atom. The first-order valence-electron chi connectivity index (χ1n) is 10.5. The number of fused-ring (bicyclic) bond motifs is 2. The summed E-state index contributed by atoms with van der Waals surface area (Å²) < 4.78 is 0. The summed E-state index contributed by atoms with van der Waals surface area (Å²) in [7, 11) is 0. The molecule has 0 N–H and O–H groups in total. The minimum absolute atomic E-state index is 0.102. The zero-order valence-electron chi connectivity index (χ0n) is 16.5. The van der Waals surface area contributed by atoms with Crippen LogP contribution < -0.4 is 0 Å². The smallest absolute Gasteiger partial charge is 0.233 e. The normalized spacial score (nSPS) is 40.4. The Bertz CT molecular complexity index is 690. The highest BCUT2D eigenvalue weighted by atomic mass is 16.2. The van der Waals surface area contributed by atoms with Gasteiger partial charge in [-0.25, -0.2) is 0 Å². The van der Waals surface area contributed by atoms with Crippen LogP contribution in [0, 0.1) is 35.5 Å². The van der Waals surface area contributed by atoms with Crippen molar-refractivity contribution >= 4 is 23.6 Å². The average Bonchev–Trinajstić information content (AvgIpc) is 3.00. The van der Waals surface area contributed by atoms with Gasteiger partial charge in [-0.15, -0.1) is 0 Å². The van der Waals surface area contributed by atoms with Crippen LogP contribution in [0.2, 0.25) is 0 Å². The Kier molecular flexibility index (Phi) is 4.63. The molecule has 6 heteroatoms. The van der Waals surface area contributed by atoms with Crippen LogP contribution in [0.1, 0.15) is 59.3 Å². The fourth-order valence-corrected chi connectivity index (χ4v) is 5.83. The molecule has 7 atom stereocenters. The molecule has 4 amide bonds. The Morgan fingerprint density at radius 2 is 1.19 bits per heavy atom. The molecule has 0 aromatic carbocycles. The molecule has 0 bridgehead atoms. The molecule has 2 saturated carbocycles. The first-order chi connectivity index (χ1) is 12.8. The number of nitrogens with zero attached hydrogens (tertiary/aromatic N) is 2. The van der Waals surface area contributed by atoms with Crippen LogP contribution >= 0.6 is 0 Å². The molecule has 2 aliphatic carbocycles. The molecule has 6 nitrogen and oxygen atoms in total. The van der Waals surface area contributed by atoms with E-state index in [0.29, 0.717) is 11.8 Å². The number of likely N-dealkylation sites (tertiary alicyclic amines) is 2. The van der Waals surface area contributed by atoms with E-state index in [1.807, 2.05) is 0 Å². The second-order valence-corrected chi connectivity index (χ2v) is 9.45. The molecule has 0 aromatic heterocycles. The van der Waals surface area contributed by atoms with Gasteiger partial charge in [-0.2, -0.15) is 0 Å². The quantitative estimate of drug-likeness (QED) is 0.710. The minimum atomic E-state index is -0.448. The molecular weight excluding hydrogens is 344 g/mol. The topological polar surface area (TPSA) is 74.8 Å². The van der Waals surface area contributed by atoms with E-state index in [9.17, 15) is 19.2 Å². The van der Waals surface area contributed by atoms with E-state index in [-0.39, 0.29) is 53.8 Å². The summed E-state index contributed by atoms with van der Waals surface area (Å²) in [6.07, 6.45) is 5.03. The van der Waals surface area contributed by atoms with Gasteiger partial charge in [-0.1, -0.05) is 13.8 Å². The van der Waals surface area contributed by atoms with Crippen molar-refractivity contribution in [3.05, 3.63) is 0 Å². The van der Waals surface area contributed by atoms with Gasteiger partial charge in [0.25, 0.3) is 0 Å². The van der Waals surface area contributed by atoms with E-state index in [2.05, 4.69) is 13.8 Å². The number of hydrogen-bond acceptors (Lipinski definition) is 4. The minimum Gasteiger partial charge on any atom is -0.280 e. The zero-order valence-corrected chi connectivity index (χ0v) is 16.5. The molecule has 4 rings (SSSR count). The van der Waals surface area contributed by atoms with E-state index in [1.54, 1.807) is 6.92 Å². The molecule has 148 valence electrons. The molecule has 2 heterocycles. The van der Waals surface area contributed by atoms with Crippen LogP contribution in [0.3, 0.4) is 0 Å². The van der Waals surface area contributed by atoms with Gasteiger partial charge in [0.05, 0.1) is 29.7 Å². The summed E-state index contributed by atoms with van der Waals surface area (Å²) in [5.41, 5.74) is 0. The maximum Gasteiger partial charge on any atom is 0.233 e. The first kappa shape index (κ1) is 18.6. The molecule has 2 saturated heterocycles. The van der Waals surface area contributed by atoms with Crippen LogP contribution in [-0.4, -0.2) is 46.0 Å². The number of carbonyl (C=O) groups excluding carboxylic acids is 4. The lowest BCUT2D eigenvalue weighted by Gasteiger charge is -2.27. The predicted molar refractivity (Wildman–Crippen MR) is 98.0 cm³/mol. The Balaban J connectivity index is 1.48. The fourth-order valence-electron chi connectivity index (χ4n) is 5.83. The second-order valence-electron chi connectivity index (χ2n) is 9.45. The number of amides is 4. The molecule has 4 fully saturated rings. The van der Waals surface area contributed by atoms with E-state index in [1.165, 1.54) is 9.80 Å². The van der Waals surface area contributed by atoms with Crippen molar-refractivity contribution in [1.29, 1.82) is 0 Å². The molecule has 0 spiro atoms. The van der Waals surface area contributed by atoms with Gasteiger partial charge in [0.2, 0.25) is 23.6 Å². The summed E-state index contributed by atoms with van der Waals surface area (Å²) in [5.74, 6) is -0.304. The predicted octanol–water partition coefficient (Wildman–Crippen LogP) is 2.22. The van der Waals surface area contributed by atoms with Gasteiger partial charge in [-0.3, -0.25) is 29.0 Å². The van der Waals surface area contributed by atoms with Gasteiger partial charge in [0.15, 0.2) is 0 Å². The van der Waals surface area contributed by atoms with Crippen molar-refractivity contribution in [3.8, 4) is 0 Å². The summed E-state index contributed by atoms with van der Waals surface area (Å²) in [6.45, 7) is 6.20. The Morgan fingerprint density at radius 3 is 1.78 bits per heavy atom. The third-order valence-corrected chi connectivity index (χ3v) is 7.39. The third-order valence-electron chi connectivity index (χ3n) is 7.39. The lowest BCUT2D eigenvalue weighted by Crippen LogP contribution is -2.47. The number of carbonyl (C=O) groups is 4. The third kappa shape index (κ3) is 2.92. The van der Waals surface area contributed by atoms with Crippen molar-refractivity contribution in [2.24, 2.45) is 35.5 Å². The van der Waals surface area contributed by atoms with E-state index < -0.39 is 6.04 Å². The summed E-state index contributed by atoms with van der Waals surface area (Å²) >= 11 is 0. The van der Waals surface area contributed by atoms with Gasteiger partial charge < -0.3 is 0 Å². The Labute approximate surface area is 160 Å². The average molecular weight is 374 g/mol. The molecule has 0 aromatic rings. The van der Waals surface area contributed by atoms with Crippen molar-refractivity contribution < 1.29 is 19.2 Å². The van der Waals surface area contributed by atoms with Crippen LogP contribution in [0.4, 0.5) is 0 Å². The van der Waals surface area contributed by atoms with Gasteiger partial charge in [0, 0.05) is 6.54 Å². The highest BCUT2D eigenvalue weighted by molar-refractivity contribution is 6.07. The number of rotatable bonds is 3. The lowest BCUT2D eigenvalue weighted by molar-refractivity contribution is -0.147. The van der Waals surface area contributed by atoms with Crippen LogP contribution in [0.5, 0.6) is 0 Å². The summed E-state index contributed by atoms with van der Waals surface area (Å²) in [6, 6.07) is -0.448. The molecule has 7 unspecified atom stereocenters. The Hall–Kier alpha value is -1.72. The monoisotopic (exact) mass is 374 g/mol. The van der Waals surface area contributed by atoms with Crippen LogP contribution in [-0.2, 0) is 19.2 Å². The van der Waals surface area contributed by atoms with Gasteiger partial charge in [-0.05, 0) is 57.3 Å². The maximum atomic E-state index is 12.9. The highest BCUT2D eigenvalue weighted by Gasteiger charge is 2.53. The van der Waals surface area contributed by atoms with Gasteiger partial charge >= 0.3 is 0 Å². The highest BCUT2D eigenvalue weighted by Crippen LogP contribution is 2.43. The summed E-state index contributed by atoms with van der Waals surface area (Å²) in [5, 5.41) is 0. The number of imide groups is 2. The van der Waals surface area contributed by atoms with Gasteiger partial charge in [0.1, 0.15) is 0 Å².